The highest BCUT2D eigenvalue weighted by molar-refractivity contribution is 8.26. The second kappa shape index (κ2) is 15.6. The fourth-order valence-corrected chi connectivity index (χ4v) is 199. The van der Waals surface area contributed by atoms with Gasteiger partial charge >= 0.3 is 0 Å². The van der Waals surface area contributed by atoms with Gasteiger partial charge in [0.2, 0.25) is 0 Å². The Morgan fingerprint density at radius 3 is 0.467 bits per heavy atom. The van der Waals surface area contributed by atoms with E-state index in [1.54, 1.807) is 46.7 Å². The highest BCUT2D eigenvalue weighted by Gasteiger charge is 2.93. The van der Waals surface area contributed by atoms with Crippen LogP contribution in [0.25, 0.3) is 0 Å². The summed E-state index contributed by atoms with van der Waals surface area (Å²) >= 11 is 0. The van der Waals surface area contributed by atoms with E-state index < -0.39 is 35.5 Å². The lowest BCUT2D eigenvalue weighted by Gasteiger charge is -2.56. The third kappa shape index (κ3) is 4.98. The highest BCUT2D eigenvalue weighted by Crippen LogP contribution is 2.50. The van der Waals surface area contributed by atoms with E-state index in [2.05, 4.69) is 280 Å². The molecule has 0 aromatic heterocycles. The quantitative estimate of drug-likeness (QED) is 0.147. The summed E-state index contributed by atoms with van der Waals surface area (Å²) in [5.41, 5.74) is 0. The van der Waals surface area contributed by atoms with Crippen molar-refractivity contribution in [3.63, 3.8) is 0 Å². The third-order valence-electron chi connectivity index (χ3n) is 14.2. The smallest absolute Gasteiger partial charge is 0.0682 e. The molecule has 0 amide bonds. The molecule has 0 saturated carbocycles. The third-order valence-corrected chi connectivity index (χ3v) is 114. The Morgan fingerprint density at radius 1 is 0.167 bits per heavy atom. The maximum atomic E-state index is 2.95. The average molecular weight is 849 g/mol. The predicted molar refractivity (Wildman–Crippen MR) is 269 cm³/mol. The van der Waals surface area contributed by atoms with Crippen molar-refractivity contribution in [1.82, 2.24) is 0 Å². The Hall–Kier alpha value is -5.94. The van der Waals surface area contributed by atoms with Gasteiger partial charge < -0.3 is 0 Å². The molecule has 0 aliphatic carbocycles. The van der Waals surface area contributed by atoms with E-state index in [1.807, 2.05) is 0 Å². The summed E-state index contributed by atoms with van der Waals surface area (Å²) in [6, 6.07) is 110. The SMILES string of the molecule is C[Si]1(c2ccccc2)[Si](c2ccccc2)(c2ccccc2)[Si](c2ccccc2)(c2ccccc2)[Si](c2ccccc2)(c2ccccc2)[Si]1(c1ccccc1)c1ccccc1. The van der Waals surface area contributed by atoms with Crippen LogP contribution in [0.2, 0.25) is 6.55 Å². The number of hydrogen-bond acceptors (Lipinski definition) is 0. The monoisotopic (exact) mass is 848 g/mol. The molecule has 0 unspecified atom stereocenters. The Kier molecular flexibility index (Phi) is 9.94. The molecular formula is C55H48Si5. The van der Waals surface area contributed by atoms with Crippen molar-refractivity contribution in [2.24, 2.45) is 0 Å². The highest BCUT2D eigenvalue weighted by atomic mass is 30.2. The number of benzene rings is 9. The molecule has 0 N–H and O–H groups in total. The molecule has 1 aliphatic heterocycles. The molecule has 0 atom stereocenters. The molecule has 0 nitrogen and oxygen atoms in total. The summed E-state index contributed by atoms with van der Waals surface area (Å²) in [7, 11) is -16.2. The normalized spacial score (nSPS) is 16.8. The van der Waals surface area contributed by atoms with Crippen molar-refractivity contribution in [2.75, 3.05) is 0 Å². The molecule has 9 aromatic rings. The largest absolute Gasteiger partial charge is 0.121 e. The van der Waals surface area contributed by atoms with E-state index in [0.717, 1.165) is 0 Å². The van der Waals surface area contributed by atoms with Crippen molar-refractivity contribution >= 4 is 82.2 Å². The summed E-state index contributed by atoms with van der Waals surface area (Å²) in [4.78, 5) is 0. The zero-order valence-electron chi connectivity index (χ0n) is 34.0. The first-order valence-corrected chi connectivity index (χ1v) is 36.7. The Labute approximate surface area is 359 Å². The van der Waals surface area contributed by atoms with Crippen LogP contribution in [0.5, 0.6) is 0 Å². The van der Waals surface area contributed by atoms with E-state index in [4.69, 9.17) is 0 Å². The lowest BCUT2D eigenvalue weighted by atomic mass is 10.4. The Morgan fingerprint density at radius 2 is 0.300 bits per heavy atom. The van der Waals surface area contributed by atoms with Gasteiger partial charge in [0.1, 0.15) is 28.4 Å². The molecule has 5 heteroatoms. The first kappa shape index (κ1) is 38.3. The van der Waals surface area contributed by atoms with Crippen LogP contribution >= 0.6 is 0 Å². The second-order valence-corrected chi connectivity index (χ2v) is 61.4. The van der Waals surface area contributed by atoms with Gasteiger partial charge in [-0.15, -0.1) is 0 Å². The minimum absolute atomic E-state index is 1.57. The number of hydrogen-bond donors (Lipinski definition) is 0. The van der Waals surface area contributed by atoms with Gasteiger partial charge in [0.05, 0.1) is 7.11 Å². The van der Waals surface area contributed by atoms with Gasteiger partial charge in [-0.1, -0.05) is 326 Å². The van der Waals surface area contributed by atoms with E-state index in [-0.39, 0.29) is 0 Å². The maximum Gasteiger partial charge on any atom is 0.121 e. The van der Waals surface area contributed by atoms with Crippen LogP contribution in [0, 0.1) is 0 Å². The Bertz CT molecular complexity index is 2460. The summed E-state index contributed by atoms with van der Waals surface area (Å²) in [6.45, 7) is 2.95. The van der Waals surface area contributed by atoms with E-state index in [9.17, 15) is 0 Å². The van der Waals surface area contributed by atoms with Gasteiger partial charge in [-0.3, -0.25) is 0 Å². The van der Waals surface area contributed by atoms with Crippen LogP contribution in [0.15, 0.2) is 273 Å². The fraction of sp³-hybridized carbons (Fsp3) is 0.0182. The van der Waals surface area contributed by atoms with Gasteiger partial charge in [0.15, 0.2) is 0 Å². The van der Waals surface area contributed by atoms with Crippen molar-refractivity contribution < 1.29 is 0 Å². The summed E-state index contributed by atoms with van der Waals surface area (Å²) in [6.07, 6.45) is 0. The predicted octanol–water partition coefficient (Wildman–Crippen LogP) is 6.43. The van der Waals surface area contributed by atoms with Gasteiger partial charge in [0.25, 0.3) is 0 Å². The van der Waals surface area contributed by atoms with Crippen LogP contribution in [0.4, 0.5) is 0 Å². The zero-order valence-corrected chi connectivity index (χ0v) is 39.0. The lowest BCUT2D eigenvalue weighted by molar-refractivity contribution is 1.70. The van der Waals surface area contributed by atoms with Crippen LogP contribution in [-0.4, -0.2) is 35.5 Å². The van der Waals surface area contributed by atoms with Crippen molar-refractivity contribution in [3.05, 3.63) is 273 Å². The standard InChI is InChI=1S/C55H48Si5/c1-56(47-29-11-2-12-30-47)57(48-31-13-3-14-32-48,49-33-15-4-16-34-49)59(52-39-21-7-22-40-52,53-41-23-8-24-42-53)60(54-43-25-9-26-44-54,55-45-27-10-28-46-55)58(56,50-35-17-5-18-36-50)51-37-19-6-20-38-51/h2-46H,1H3. The second-order valence-electron chi connectivity index (χ2n) is 16.4. The minimum atomic E-state index is -3.33. The van der Waals surface area contributed by atoms with E-state index >= 15 is 0 Å². The molecule has 1 heterocycles. The topological polar surface area (TPSA) is 0 Å². The van der Waals surface area contributed by atoms with E-state index in [1.165, 1.54) is 0 Å². The number of rotatable bonds is 9. The molecule has 9 aromatic carbocycles. The molecular weight excluding hydrogens is 801 g/mol. The molecule has 288 valence electrons. The van der Waals surface area contributed by atoms with E-state index in [0.29, 0.717) is 0 Å². The summed E-state index contributed by atoms with van der Waals surface area (Å²) < 4.78 is 0. The van der Waals surface area contributed by atoms with Crippen LogP contribution < -0.4 is 46.7 Å². The molecule has 0 bridgehead atoms. The Balaban J connectivity index is 1.70. The summed E-state index contributed by atoms with van der Waals surface area (Å²) in [5, 5.41) is 14.2. The molecule has 60 heavy (non-hydrogen) atoms. The van der Waals surface area contributed by atoms with Crippen LogP contribution in [0.3, 0.4) is 0 Å². The first-order chi connectivity index (χ1) is 29.7. The average Bonchev–Trinajstić information content (AvgIpc) is 3.53. The van der Waals surface area contributed by atoms with Gasteiger partial charge in [0, 0.05) is 0 Å². The van der Waals surface area contributed by atoms with Crippen molar-refractivity contribution in [1.29, 1.82) is 0 Å². The van der Waals surface area contributed by atoms with Crippen LogP contribution in [-0.2, 0) is 0 Å². The van der Waals surface area contributed by atoms with Gasteiger partial charge in [-0.2, -0.15) is 0 Å². The van der Waals surface area contributed by atoms with Crippen molar-refractivity contribution in [2.45, 2.75) is 6.55 Å². The lowest BCUT2D eigenvalue weighted by Crippen LogP contribution is -3.00. The molecule has 10 rings (SSSR count). The zero-order chi connectivity index (χ0) is 40.5. The maximum absolute atomic E-state index is 3.33. The van der Waals surface area contributed by atoms with Crippen LogP contribution in [0.1, 0.15) is 0 Å². The minimum Gasteiger partial charge on any atom is -0.0682 e. The first-order valence-electron chi connectivity index (χ1n) is 21.2. The molecule has 0 radical (unpaired) electrons. The summed E-state index contributed by atoms with van der Waals surface area (Å²) in [5.74, 6) is 0. The molecule has 1 fully saturated rings. The van der Waals surface area contributed by atoms with Crippen molar-refractivity contribution in [3.8, 4) is 0 Å². The molecule has 1 saturated heterocycles. The molecule has 0 spiro atoms. The van der Waals surface area contributed by atoms with Gasteiger partial charge in [-0.05, 0) is 0 Å². The fourth-order valence-electron chi connectivity index (χ4n) is 12.7. The molecule has 1 aliphatic rings. The van der Waals surface area contributed by atoms with Gasteiger partial charge in [-0.25, -0.2) is 0 Å².